The van der Waals surface area contributed by atoms with E-state index in [9.17, 15) is 8.42 Å². The highest BCUT2D eigenvalue weighted by Crippen LogP contribution is 2.25. The van der Waals surface area contributed by atoms with Crippen molar-refractivity contribution in [2.24, 2.45) is 0 Å². The maximum atomic E-state index is 12.1. The smallest absolute Gasteiger partial charge is 0.250 e. The van der Waals surface area contributed by atoms with Crippen LogP contribution in [0.2, 0.25) is 0 Å². The summed E-state index contributed by atoms with van der Waals surface area (Å²) in [6.45, 7) is 6.24. The largest absolute Gasteiger partial charge is 0.312 e. The summed E-state index contributed by atoms with van der Waals surface area (Å²) in [5.74, 6) is 0.786. The number of thiophene rings is 1. The molecule has 19 heavy (non-hydrogen) atoms. The van der Waals surface area contributed by atoms with Crippen LogP contribution in [-0.4, -0.2) is 33.5 Å². The van der Waals surface area contributed by atoms with Gasteiger partial charge in [0.15, 0.2) is 0 Å². The molecule has 1 rings (SSSR count). The average Bonchev–Trinajstić information content (AvgIpc) is 2.72. The molecule has 1 aromatic heterocycles. The van der Waals surface area contributed by atoms with E-state index in [2.05, 4.69) is 17.0 Å². The van der Waals surface area contributed by atoms with Crippen LogP contribution >= 0.6 is 23.1 Å². The minimum Gasteiger partial charge on any atom is -0.312 e. The normalized spacial score (nSPS) is 11.9. The predicted molar refractivity (Wildman–Crippen MR) is 84.6 cm³/mol. The quantitative estimate of drug-likeness (QED) is 0.684. The molecule has 0 saturated heterocycles. The van der Waals surface area contributed by atoms with Gasteiger partial charge in [-0.3, -0.25) is 0 Å². The maximum absolute atomic E-state index is 12.1. The third-order valence-corrected chi connectivity index (χ3v) is 6.36. The lowest BCUT2D eigenvalue weighted by Gasteiger charge is -2.03. The van der Waals surface area contributed by atoms with Gasteiger partial charge in [-0.2, -0.15) is 11.8 Å². The number of nitrogens with one attached hydrogen (secondary N) is 2. The summed E-state index contributed by atoms with van der Waals surface area (Å²) in [6, 6.07) is 1.76. The third-order valence-electron chi connectivity index (χ3n) is 2.57. The Balaban J connectivity index is 2.70. The van der Waals surface area contributed by atoms with Crippen molar-refractivity contribution >= 4 is 33.1 Å². The van der Waals surface area contributed by atoms with E-state index in [-0.39, 0.29) is 0 Å². The second-order valence-electron chi connectivity index (χ2n) is 4.24. The summed E-state index contributed by atoms with van der Waals surface area (Å²) in [7, 11) is -3.34. The fourth-order valence-corrected chi connectivity index (χ4v) is 4.59. The van der Waals surface area contributed by atoms with Crippen LogP contribution in [0.25, 0.3) is 0 Å². The summed E-state index contributed by atoms with van der Waals surface area (Å²) >= 11 is 2.98. The van der Waals surface area contributed by atoms with Crippen molar-refractivity contribution in [3.05, 3.63) is 16.5 Å². The van der Waals surface area contributed by atoms with Gasteiger partial charge in [-0.1, -0.05) is 6.92 Å². The number of sulfonamides is 1. The minimum atomic E-state index is -3.34. The van der Waals surface area contributed by atoms with Crippen molar-refractivity contribution in [2.45, 2.75) is 31.0 Å². The Morgan fingerprint density at radius 3 is 2.74 bits per heavy atom. The Kier molecular flexibility index (Phi) is 7.38. The van der Waals surface area contributed by atoms with Crippen molar-refractivity contribution < 1.29 is 8.42 Å². The van der Waals surface area contributed by atoms with Crippen LogP contribution in [0.1, 0.15) is 23.8 Å². The Bertz CT molecular complexity index is 483. The summed E-state index contributed by atoms with van der Waals surface area (Å²) < 4.78 is 27.2. The first-order valence-electron chi connectivity index (χ1n) is 6.30. The lowest BCUT2D eigenvalue weighted by Crippen LogP contribution is -2.25. The van der Waals surface area contributed by atoms with Crippen LogP contribution in [0.3, 0.4) is 0 Å². The highest BCUT2D eigenvalue weighted by Gasteiger charge is 2.18. The molecule has 0 aliphatic carbocycles. The number of aryl methyl sites for hydroxylation is 1. The highest BCUT2D eigenvalue weighted by atomic mass is 32.2. The Labute approximate surface area is 124 Å². The van der Waals surface area contributed by atoms with Crippen LogP contribution in [0, 0.1) is 6.92 Å². The fourth-order valence-electron chi connectivity index (χ4n) is 1.52. The van der Waals surface area contributed by atoms with Crippen LogP contribution in [0.15, 0.2) is 10.3 Å². The number of rotatable bonds is 9. The van der Waals surface area contributed by atoms with E-state index in [1.165, 1.54) is 11.3 Å². The summed E-state index contributed by atoms with van der Waals surface area (Å²) in [5, 5.41) is 3.30. The predicted octanol–water partition coefficient (Wildman–Crippen LogP) is 2.20. The van der Waals surface area contributed by atoms with E-state index >= 15 is 0 Å². The Morgan fingerprint density at radius 2 is 2.11 bits per heavy atom. The molecular weight excluding hydrogens is 300 g/mol. The lowest BCUT2D eigenvalue weighted by atomic mass is 10.3. The molecule has 7 heteroatoms. The minimum absolute atomic E-state index is 0.416. The molecule has 0 spiro atoms. The molecule has 110 valence electrons. The molecule has 1 aromatic rings. The van der Waals surface area contributed by atoms with Gasteiger partial charge in [0, 0.05) is 23.7 Å². The molecule has 1 heterocycles. The summed E-state index contributed by atoms with van der Waals surface area (Å²) in [6.07, 6.45) is 3.03. The second kappa shape index (κ2) is 8.26. The number of thioether (sulfide) groups is 1. The number of hydrogen-bond acceptors (Lipinski definition) is 5. The molecule has 0 bridgehead atoms. The first-order valence-corrected chi connectivity index (χ1v) is 9.99. The molecular formula is C12H22N2O2S3. The van der Waals surface area contributed by atoms with Crippen molar-refractivity contribution in [3.63, 3.8) is 0 Å². The first kappa shape index (κ1) is 17.0. The molecule has 2 N–H and O–H groups in total. The zero-order valence-electron chi connectivity index (χ0n) is 11.7. The van der Waals surface area contributed by atoms with Crippen molar-refractivity contribution in [1.29, 1.82) is 0 Å². The molecule has 0 aliphatic heterocycles. The standard InChI is InChI=1S/C12H22N2O2S3/c1-4-5-13-9-11-10(2)8-12(18-11)19(15,16)14-6-7-17-3/h8,13-14H,4-7,9H2,1-3H3. The van der Waals surface area contributed by atoms with E-state index in [4.69, 9.17) is 0 Å². The fraction of sp³-hybridized carbons (Fsp3) is 0.667. The molecule has 4 nitrogen and oxygen atoms in total. The van der Waals surface area contributed by atoms with E-state index in [0.717, 1.165) is 35.7 Å². The number of hydrogen-bond donors (Lipinski definition) is 2. The monoisotopic (exact) mass is 322 g/mol. The molecule has 0 fully saturated rings. The van der Waals surface area contributed by atoms with Crippen LogP contribution in [0.4, 0.5) is 0 Å². The Hall–Kier alpha value is -0.0800. The van der Waals surface area contributed by atoms with Crippen LogP contribution in [-0.2, 0) is 16.6 Å². The molecule has 0 aliphatic rings. The van der Waals surface area contributed by atoms with Gasteiger partial charge in [0.1, 0.15) is 4.21 Å². The maximum Gasteiger partial charge on any atom is 0.250 e. The van der Waals surface area contributed by atoms with Crippen molar-refractivity contribution in [3.8, 4) is 0 Å². The summed E-state index contributed by atoms with van der Waals surface area (Å²) in [4.78, 5) is 1.10. The van der Waals surface area contributed by atoms with Crippen LogP contribution < -0.4 is 10.0 Å². The summed E-state index contributed by atoms with van der Waals surface area (Å²) in [5.41, 5.74) is 1.04. The van der Waals surface area contributed by atoms with Crippen molar-refractivity contribution in [1.82, 2.24) is 10.0 Å². The van der Waals surface area contributed by atoms with Gasteiger partial charge < -0.3 is 5.32 Å². The average molecular weight is 323 g/mol. The zero-order valence-corrected chi connectivity index (χ0v) is 14.1. The van der Waals surface area contributed by atoms with Gasteiger partial charge in [-0.05, 0) is 37.8 Å². The van der Waals surface area contributed by atoms with Gasteiger partial charge in [0.2, 0.25) is 10.0 Å². The van der Waals surface area contributed by atoms with E-state index in [1.807, 2.05) is 13.2 Å². The molecule has 0 saturated carbocycles. The van der Waals surface area contributed by atoms with E-state index in [0.29, 0.717) is 10.8 Å². The van der Waals surface area contributed by atoms with Gasteiger partial charge in [0.05, 0.1) is 0 Å². The van der Waals surface area contributed by atoms with E-state index in [1.54, 1.807) is 17.8 Å². The second-order valence-corrected chi connectivity index (χ2v) is 8.36. The van der Waals surface area contributed by atoms with Gasteiger partial charge >= 0.3 is 0 Å². The Morgan fingerprint density at radius 1 is 1.37 bits per heavy atom. The molecule has 0 aromatic carbocycles. The SMILES string of the molecule is CCCNCc1sc(S(=O)(=O)NCCSC)cc1C. The van der Waals surface area contributed by atoms with E-state index < -0.39 is 10.0 Å². The third kappa shape index (κ3) is 5.43. The molecule has 0 radical (unpaired) electrons. The van der Waals surface area contributed by atoms with Crippen molar-refractivity contribution in [2.75, 3.05) is 25.1 Å². The molecule has 0 atom stereocenters. The highest BCUT2D eigenvalue weighted by molar-refractivity contribution is 7.98. The molecule has 0 amide bonds. The van der Waals surface area contributed by atoms with Gasteiger partial charge in [-0.15, -0.1) is 11.3 Å². The van der Waals surface area contributed by atoms with Gasteiger partial charge in [-0.25, -0.2) is 13.1 Å². The van der Waals surface area contributed by atoms with Gasteiger partial charge in [0.25, 0.3) is 0 Å². The lowest BCUT2D eigenvalue weighted by molar-refractivity contribution is 0.586. The topological polar surface area (TPSA) is 58.2 Å². The first-order chi connectivity index (χ1) is 9.01. The zero-order chi connectivity index (χ0) is 14.3. The van der Waals surface area contributed by atoms with Crippen LogP contribution in [0.5, 0.6) is 0 Å². The molecule has 0 unspecified atom stereocenters.